The fourth-order valence-corrected chi connectivity index (χ4v) is 2.70. The number of rotatable bonds is 6. The summed E-state index contributed by atoms with van der Waals surface area (Å²) in [5.74, 6) is 2.65. The molecule has 6 heteroatoms. The molecule has 1 aliphatic carbocycles. The molecule has 1 aromatic rings. The first-order valence-electron chi connectivity index (χ1n) is 8.23. The normalized spacial score (nSPS) is 18.1. The van der Waals surface area contributed by atoms with Gasteiger partial charge in [0.15, 0.2) is 0 Å². The van der Waals surface area contributed by atoms with Gasteiger partial charge in [-0.2, -0.15) is 4.98 Å². The Kier molecular flexibility index (Phi) is 4.75. The molecule has 1 amide bonds. The van der Waals surface area contributed by atoms with Crippen LogP contribution < -0.4 is 15.0 Å². The zero-order valence-electron chi connectivity index (χ0n) is 13.2. The summed E-state index contributed by atoms with van der Waals surface area (Å²) in [4.78, 5) is 22.7. The first-order valence-corrected chi connectivity index (χ1v) is 8.23. The second-order valence-electron chi connectivity index (χ2n) is 6.07. The number of piperidine rings is 1. The van der Waals surface area contributed by atoms with E-state index in [1.54, 1.807) is 0 Å². The van der Waals surface area contributed by atoms with Crippen LogP contribution in [0.25, 0.3) is 0 Å². The van der Waals surface area contributed by atoms with Crippen molar-refractivity contribution in [2.45, 2.75) is 39.0 Å². The van der Waals surface area contributed by atoms with E-state index in [0.29, 0.717) is 19.0 Å². The van der Waals surface area contributed by atoms with Crippen molar-refractivity contribution in [3.63, 3.8) is 0 Å². The highest BCUT2D eigenvalue weighted by molar-refractivity contribution is 5.80. The highest BCUT2D eigenvalue weighted by Gasteiger charge is 2.29. The van der Waals surface area contributed by atoms with Gasteiger partial charge in [-0.3, -0.25) is 4.79 Å². The topological polar surface area (TPSA) is 67.3 Å². The fourth-order valence-electron chi connectivity index (χ4n) is 2.70. The minimum atomic E-state index is 0.150. The van der Waals surface area contributed by atoms with Crippen molar-refractivity contribution in [1.82, 2.24) is 15.3 Å². The first kappa shape index (κ1) is 15.1. The van der Waals surface area contributed by atoms with Crippen LogP contribution in [0, 0.1) is 12.8 Å². The van der Waals surface area contributed by atoms with Crippen LogP contribution in [0.1, 0.15) is 37.9 Å². The standard InChI is InChI=1S/C16H24N4O2/c1-12-18-14(20-8-3-2-4-9-20)11-15(19-12)22-10-7-17-16(21)13-5-6-13/h11,13H,2-10H2,1H3,(H,17,21). The Hall–Kier alpha value is -1.85. The SMILES string of the molecule is Cc1nc(OCCNC(=O)C2CC2)cc(N2CCCCC2)n1. The molecule has 1 N–H and O–H groups in total. The third-order valence-electron chi connectivity index (χ3n) is 4.08. The molecule has 2 aliphatic rings. The number of anilines is 1. The molecular formula is C16H24N4O2. The molecule has 1 aromatic heterocycles. The Morgan fingerprint density at radius 3 is 2.82 bits per heavy atom. The molecular weight excluding hydrogens is 280 g/mol. The third-order valence-corrected chi connectivity index (χ3v) is 4.08. The maximum absolute atomic E-state index is 11.5. The average molecular weight is 304 g/mol. The molecule has 0 unspecified atom stereocenters. The molecule has 0 spiro atoms. The van der Waals surface area contributed by atoms with Gasteiger partial charge in [0.05, 0.1) is 6.54 Å². The average Bonchev–Trinajstić information content (AvgIpc) is 3.37. The third kappa shape index (κ3) is 4.08. The summed E-state index contributed by atoms with van der Waals surface area (Å²) in [5.41, 5.74) is 0. The smallest absolute Gasteiger partial charge is 0.223 e. The van der Waals surface area contributed by atoms with Crippen LogP contribution in [0.3, 0.4) is 0 Å². The van der Waals surface area contributed by atoms with Crippen molar-refractivity contribution in [3.8, 4) is 5.88 Å². The van der Waals surface area contributed by atoms with Crippen LogP contribution in [0.4, 0.5) is 5.82 Å². The summed E-state index contributed by atoms with van der Waals surface area (Å²) in [7, 11) is 0. The van der Waals surface area contributed by atoms with Crippen molar-refractivity contribution >= 4 is 11.7 Å². The first-order chi connectivity index (χ1) is 10.7. The largest absolute Gasteiger partial charge is 0.476 e. The zero-order chi connectivity index (χ0) is 15.4. The van der Waals surface area contributed by atoms with E-state index in [4.69, 9.17) is 4.74 Å². The summed E-state index contributed by atoms with van der Waals surface area (Å²) >= 11 is 0. The summed E-state index contributed by atoms with van der Waals surface area (Å²) in [6, 6.07) is 1.90. The van der Waals surface area contributed by atoms with Crippen LogP contribution in [0.5, 0.6) is 5.88 Å². The van der Waals surface area contributed by atoms with Gasteiger partial charge in [0.1, 0.15) is 18.2 Å². The van der Waals surface area contributed by atoms with Crippen molar-refractivity contribution in [3.05, 3.63) is 11.9 Å². The van der Waals surface area contributed by atoms with E-state index in [-0.39, 0.29) is 11.8 Å². The lowest BCUT2D eigenvalue weighted by molar-refractivity contribution is -0.122. The molecule has 6 nitrogen and oxygen atoms in total. The van der Waals surface area contributed by atoms with Crippen LogP contribution in [0.2, 0.25) is 0 Å². The fraction of sp³-hybridized carbons (Fsp3) is 0.688. The summed E-state index contributed by atoms with van der Waals surface area (Å²) in [5, 5.41) is 2.89. The maximum Gasteiger partial charge on any atom is 0.223 e. The van der Waals surface area contributed by atoms with Crippen molar-refractivity contribution in [2.24, 2.45) is 5.92 Å². The lowest BCUT2D eigenvalue weighted by atomic mass is 10.1. The molecule has 1 aliphatic heterocycles. The molecule has 2 fully saturated rings. The number of hydrogen-bond acceptors (Lipinski definition) is 5. The predicted octanol–water partition coefficient (Wildman–Crippen LogP) is 1.68. The van der Waals surface area contributed by atoms with Gasteiger partial charge in [-0.25, -0.2) is 4.98 Å². The number of aryl methyl sites for hydroxylation is 1. The molecule has 2 heterocycles. The van der Waals surface area contributed by atoms with Gasteiger partial charge in [-0.15, -0.1) is 0 Å². The number of carbonyl (C=O) groups excluding carboxylic acids is 1. The minimum Gasteiger partial charge on any atom is -0.476 e. The van der Waals surface area contributed by atoms with Crippen molar-refractivity contribution in [2.75, 3.05) is 31.1 Å². The van der Waals surface area contributed by atoms with E-state index in [1.165, 1.54) is 19.3 Å². The quantitative estimate of drug-likeness (QED) is 0.810. The monoisotopic (exact) mass is 304 g/mol. The maximum atomic E-state index is 11.5. The highest BCUT2D eigenvalue weighted by Crippen LogP contribution is 2.28. The predicted molar refractivity (Wildman–Crippen MR) is 84.1 cm³/mol. The number of ether oxygens (including phenoxy) is 1. The van der Waals surface area contributed by atoms with E-state index >= 15 is 0 Å². The lowest BCUT2D eigenvalue weighted by Gasteiger charge is -2.28. The molecule has 0 radical (unpaired) electrons. The van der Waals surface area contributed by atoms with Crippen LogP contribution >= 0.6 is 0 Å². The molecule has 22 heavy (non-hydrogen) atoms. The molecule has 0 bridgehead atoms. The van der Waals surface area contributed by atoms with Crippen molar-refractivity contribution in [1.29, 1.82) is 0 Å². The van der Waals surface area contributed by atoms with Gasteiger partial charge >= 0.3 is 0 Å². The van der Waals surface area contributed by atoms with Gasteiger partial charge in [-0.05, 0) is 39.0 Å². The number of carbonyl (C=O) groups is 1. The number of amides is 1. The van der Waals surface area contributed by atoms with Crippen LogP contribution in [-0.2, 0) is 4.79 Å². The second-order valence-corrected chi connectivity index (χ2v) is 6.07. The molecule has 120 valence electrons. The number of nitrogens with one attached hydrogen (secondary N) is 1. The van der Waals surface area contributed by atoms with E-state index in [9.17, 15) is 4.79 Å². The molecule has 1 saturated heterocycles. The Morgan fingerprint density at radius 2 is 2.09 bits per heavy atom. The van der Waals surface area contributed by atoms with Gasteiger partial charge in [0.2, 0.25) is 11.8 Å². The van der Waals surface area contributed by atoms with Crippen molar-refractivity contribution < 1.29 is 9.53 Å². The summed E-state index contributed by atoms with van der Waals surface area (Å²) < 4.78 is 5.68. The minimum absolute atomic E-state index is 0.150. The lowest BCUT2D eigenvalue weighted by Crippen LogP contribution is -2.31. The Balaban J connectivity index is 1.51. The molecule has 3 rings (SSSR count). The van der Waals surface area contributed by atoms with Gasteiger partial charge in [0.25, 0.3) is 0 Å². The molecule has 1 saturated carbocycles. The van der Waals surface area contributed by atoms with Gasteiger partial charge in [0, 0.05) is 25.1 Å². The molecule has 0 atom stereocenters. The van der Waals surface area contributed by atoms with E-state index < -0.39 is 0 Å². The highest BCUT2D eigenvalue weighted by atomic mass is 16.5. The Morgan fingerprint density at radius 1 is 1.32 bits per heavy atom. The number of aromatic nitrogens is 2. The van der Waals surface area contributed by atoms with E-state index in [0.717, 1.165) is 37.6 Å². The van der Waals surface area contributed by atoms with E-state index in [1.807, 2.05) is 13.0 Å². The Labute approximate surface area is 131 Å². The number of hydrogen-bond donors (Lipinski definition) is 1. The van der Waals surface area contributed by atoms with Crippen LogP contribution in [0.15, 0.2) is 6.07 Å². The van der Waals surface area contributed by atoms with Crippen LogP contribution in [-0.4, -0.2) is 42.1 Å². The second kappa shape index (κ2) is 6.94. The van der Waals surface area contributed by atoms with Gasteiger partial charge in [-0.1, -0.05) is 0 Å². The summed E-state index contributed by atoms with van der Waals surface area (Å²) in [6.07, 6.45) is 5.78. The zero-order valence-corrected chi connectivity index (χ0v) is 13.2. The number of nitrogens with zero attached hydrogens (tertiary/aromatic N) is 3. The molecule has 0 aromatic carbocycles. The summed E-state index contributed by atoms with van der Waals surface area (Å²) in [6.45, 7) is 4.95. The van der Waals surface area contributed by atoms with Gasteiger partial charge < -0.3 is 15.0 Å². The Bertz CT molecular complexity index is 525. The van der Waals surface area contributed by atoms with E-state index in [2.05, 4.69) is 20.2 Å².